The van der Waals surface area contributed by atoms with E-state index in [1.807, 2.05) is 24.3 Å². The average Bonchev–Trinajstić information content (AvgIpc) is 2.70. The fourth-order valence-electron chi connectivity index (χ4n) is 3.10. The minimum Gasteiger partial charge on any atom is -0.354 e. The summed E-state index contributed by atoms with van der Waals surface area (Å²) in [5.74, 6) is 0.307. The van der Waals surface area contributed by atoms with Crippen LogP contribution in [0, 0.1) is 0 Å². The normalized spacial score (nSPS) is 13.7. The molecule has 142 valence electrons. The molecule has 27 heavy (non-hydrogen) atoms. The summed E-state index contributed by atoms with van der Waals surface area (Å²) in [5.41, 5.74) is 3.02. The molecular weight excluding hydrogens is 360 g/mol. The Morgan fingerprint density at radius 2 is 1.93 bits per heavy atom. The molecule has 1 aliphatic rings. The van der Waals surface area contributed by atoms with Crippen LogP contribution >= 0.6 is 11.6 Å². The van der Waals surface area contributed by atoms with Crippen LogP contribution in [0.1, 0.15) is 48.2 Å². The third-order valence-electron chi connectivity index (χ3n) is 4.61. The molecule has 1 amide bonds. The summed E-state index contributed by atoms with van der Waals surface area (Å²) in [6, 6.07) is 9.38. The summed E-state index contributed by atoms with van der Waals surface area (Å²) < 4.78 is 0. The quantitative estimate of drug-likeness (QED) is 0.662. The van der Waals surface area contributed by atoms with Gasteiger partial charge in [0.25, 0.3) is 5.91 Å². The first-order chi connectivity index (χ1) is 13.2. The Bertz CT molecular complexity index is 789. The second kappa shape index (κ2) is 10.1. The molecule has 2 aromatic rings. The largest absolute Gasteiger partial charge is 0.354 e. The van der Waals surface area contributed by atoms with Gasteiger partial charge in [-0.05, 0) is 62.3 Å². The van der Waals surface area contributed by atoms with Gasteiger partial charge in [-0.3, -0.25) is 4.79 Å². The molecule has 5 nitrogen and oxygen atoms in total. The molecule has 1 aliphatic carbocycles. The fraction of sp³-hybridized carbons (Fsp3) is 0.381. The van der Waals surface area contributed by atoms with E-state index in [2.05, 4.69) is 26.7 Å². The van der Waals surface area contributed by atoms with Crippen molar-refractivity contribution in [3.63, 3.8) is 0 Å². The maximum atomic E-state index is 12.3. The van der Waals surface area contributed by atoms with Crippen molar-refractivity contribution < 1.29 is 4.79 Å². The van der Waals surface area contributed by atoms with E-state index in [-0.39, 0.29) is 5.91 Å². The molecule has 0 fully saturated rings. The number of allylic oxidation sites excluding steroid dienone is 1. The summed E-state index contributed by atoms with van der Waals surface area (Å²) in [6.07, 6.45) is 10.5. The van der Waals surface area contributed by atoms with Gasteiger partial charge in [0.15, 0.2) is 0 Å². The van der Waals surface area contributed by atoms with Crippen molar-refractivity contribution in [2.45, 2.75) is 38.5 Å². The Hall–Kier alpha value is -2.40. The lowest BCUT2D eigenvalue weighted by Gasteiger charge is -2.13. The first-order valence-electron chi connectivity index (χ1n) is 9.48. The van der Waals surface area contributed by atoms with Crippen molar-refractivity contribution >= 4 is 23.5 Å². The monoisotopic (exact) mass is 384 g/mol. The molecule has 0 bridgehead atoms. The van der Waals surface area contributed by atoms with Crippen molar-refractivity contribution in [1.29, 1.82) is 0 Å². The lowest BCUT2D eigenvalue weighted by molar-refractivity contribution is 0.0949. The van der Waals surface area contributed by atoms with E-state index in [0.29, 0.717) is 24.7 Å². The average molecular weight is 385 g/mol. The number of anilines is 1. The molecule has 0 saturated carbocycles. The van der Waals surface area contributed by atoms with E-state index in [9.17, 15) is 4.79 Å². The second-order valence-electron chi connectivity index (χ2n) is 6.68. The van der Waals surface area contributed by atoms with Gasteiger partial charge in [-0.25, -0.2) is 9.97 Å². The minimum absolute atomic E-state index is 0.158. The van der Waals surface area contributed by atoms with E-state index in [4.69, 9.17) is 11.6 Å². The van der Waals surface area contributed by atoms with Crippen LogP contribution in [0.3, 0.4) is 0 Å². The van der Waals surface area contributed by atoms with Gasteiger partial charge in [-0.2, -0.15) is 0 Å². The first kappa shape index (κ1) is 19.4. The van der Waals surface area contributed by atoms with Gasteiger partial charge in [0.2, 0.25) is 5.95 Å². The SMILES string of the molecule is O=C(NCCC1=CCCCC1)c1ccnc(NCCc2ccc(Cl)cc2)n1. The van der Waals surface area contributed by atoms with Crippen LogP contribution < -0.4 is 10.6 Å². The summed E-state index contributed by atoms with van der Waals surface area (Å²) in [6.45, 7) is 1.33. The predicted octanol–water partition coefficient (Wildman–Crippen LogP) is 4.40. The zero-order valence-electron chi connectivity index (χ0n) is 15.4. The number of rotatable bonds is 8. The Balaban J connectivity index is 1.45. The summed E-state index contributed by atoms with van der Waals surface area (Å²) >= 11 is 5.89. The number of aromatic nitrogens is 2. The molecule has 3 rings (SSSR count). The van der Waals surface area contributed by atoms with Crippen molar-refractivity contribution in [2.24, 2.45) is 0 Å². The van der Waals surface area contributed by atoms with Gasteiger partial charge < -0.3 is 10.6 Å². The molecular formula is C21H25ClN4O. The number of benzene rings is 1. The van der Waals surface area contributed by atoms with Gasteiger partial charge in [-0.1, -0.05) is 35.4 Å². The highest BCUT2D eigenvalue weighted by molar-refractivity contribution is 6.30. The number of nitrogens with zero attached hydrogens (tertiary/aromatic N) is 2. The van der Waals surface area contributed by atoms with Gasteiger partial charge in [0, 0.05) is 24.3 Å². The highest BCUT2D eigenvalue weighted by Gasteiger charge is 2.09. The van der Waals surface area contributed by atoms with Crippen molar-refractivity contribution in [1.82, 2.24) is 15.3 Å². The molecule has 2 N–H and O–H groups in total. The fourth-order valence-corrected chi connectivity index (χ4v) is 3.22. The molecule has 0 radical (unpaired) electrons. The smallest absolute Gasteiger partial charge is 0.270 e. The van der Waals surface area contributed by atoms with Crippen molar-refractivity contribution in [3.8, 4) is 0 Å². The number of nitrogens with one attached hydrogen (secondary N) is 2. The van der Waals surface area contributed by atoms with Crippen molar-refractivity contribution in [2.75, 3.05) is 18.4 Å². The van der Waals surface area contributed by atoms with E-state index < -0.39 is 0 Å². The maximum absolute atomic E-state index is 12.3. The molecule has 1 heterocycles. The highest BCUT2D eigenvalue weighted by atomic mass is 35.5. The molecule has 6 heteroatoms. The Morgan fingerprint density at radius 3 is 2.70 bits per heavy atom. The van der Waals surface area contributed by atoms with E-state index in [1.54, 1.807) is 12.3 Å². The molecule has 0 spiro atoms. The van der Waals surface area contributed by atoms with Crippen LogP contribution in [-0.2, 0) is 6.42 Å². The molecule has 0 aliphatic heterocycles. The van der Waals surface area contributed by atoms with Gasteiger partial charge in [-0.15, -0.1) is 0 Å². The van der Waals surface area contributed by atoms with E-state index in [0.717, 1.165) is 24.3 Å². The van der Waals surface area contributed by atoms with Crippen LogP contribution in [0.5, 0.6) is 0 Å². The lowest BCUT2D eigenvalue weighted by atomic mass is 9.97. The summed E-state index contributed by atoms with van der Waals surface area (Å²) in [4.78, 5) is 20.8. The first-order valence-corrected chi connectivity index (χ1v) is 9.86. The van der Waals surface area contributed by atoms with Crippen LogP contribution in [0.25, 0.3) is 0 Å². The molecule has 1 aromatic carbocycles. The molecule has 1 aromatic heterocycles. The number of amides is 1. The molecule has 0 unspecified atom stereocenters. The van der Waals surface area contributed by atoms with Crippen molar-refractivity contribution in [3.05, 3.63) is 64.5 Å². The van der Waals surface area contributed by atoms with E-state index >= 15 is 0 Å². The zero-order valence-corrected chi connectivity index (χ0v) is 16.1. The zero-order chi connectivity index (χ0) is 18.9. The summed E-state index contributed by atoms with van der Waals surface area (Å²) in [7, 11) is 0. The van der Waals surface area contributed by atoms with Crippen LogP contribution in [-0.4, -0.2) is 29.0 Å². The molecule has 0 saturated heterocycles. The van der Waals surface area contributed by atoms with E-state index in [1.165, 1.54) is 30.4 Å². The lowest BCUT2D eigenvalue weighted by Crippen LogP contribution is -2.26. The standard InChI is InChI=1S/C21H25ClN4O/c22-18-8-6-17(7-9-18)11-14-24-21-25-15-12-19(26-21)20(27)23-13-10-16-4-2-1-3-5-16/h4,6-9,12,15H,1-3,5,10-11,13-14H2,(H,23,27)(H,24,25,26). The van der Waals surface area contributed by atoms with Gasteiger partial charge in [0.1, 0.15) is 5.69 Å². The van der Waals surface area contributed by atoms with Gasteiger partial charge in [0.05, 0.1) is 0 Å². The summed E-state index contributed by atoms with van der Waals surface area (Å²) in [5, 5.41) is 6.85. The number of carbonyl (C=O) groups is 1. The number of halogens is 1. The third kappa shape index (κ3) is 6.36. The topological polar surface area (TPSA) is 66.9 Å². The Morgan fingerprint density at radius 1 is 1.07 bits per heavy atom. The number of hydrogen-bond donors (Lipinski definition) is 2. The molecule has 0 atom stereocenters. The predicted molar refractivity (Wildman–Crippen MR) is 109 cm³/mol. The Labute approximate surface area is 165 Å². The second-order valence-corrected chi connectivity index (χ2v) is 7.12. The maximum Gasteiger partial charge on any atom is 0.270 e. The third-order valence-corrected chi connectivity index (χ3v) is 4.87. The number of hydrogen-bond acceptors (Lipinski definition) is 4. The van der Waals surface area contributed by atoms with Gasteiger partial charge >= 0.3 is 0 Å². The minimum atomic E-state index is -0.158. The van der Waals surface area contributed by atoms with Crippen LogP contribution in [0.2, 0.25) is 5.02 Å². The van der Waals surface area contributed by atoms with Crippen LogP contribution in [0.4, 0.5) is 5.95 Å². The number of carbonyl (C=O) groups excluding carboxylic acids is 1. The highest BCUT2D eigenvalue weighted by Crippen LogP contribution is 2.19. The van der Waals surface area contributed by atoms with Crippen LogP contribution in [0.15, 0.2) is 48.2 Å². The Kier molecular flexibility index (Phi) is 7.22.